The van der Waals surface area contributed by atoms with E-state index in [1.165, 1.54) is 16.7 Å². The van der Waals surface area contributed by atoms with Gasteiger partial charge in [-0.1, -0.05) is 29.0 Å². The van der Waals surface area contributed by atoms with Crippen molar-refractivity contribution in [2.24, 2.45) is 5.73 Å². The fourth-order valence-electron chi connectivity index (χ4n) is 1.74. The first kappa shape index (κ1) is 11.8. The third-order valence-electron chi connectivity index (χ3n) is 2.86. The first-order chi connectivity index (χ1) is 8.06. The van der Waals surface area contributed by atoms with Crippen LogP contribution in [0, 0.1) is 13.8 Å². The number of hydrogen-bond acceptors (Lipinski definition) is 3. The Morgan fingerprint density at radius 2 is 2.12 bits per heavy atom. The molecule has 1 aromatic heterocycles. The predicted molar refractivity (Wildman–Crippen MR) is 67.6 cm³/mol. The second-order valence-corrected chi connectivity index (χ2v) is 4.56. The maximum atomic E-state index is 5.76. The molecule has 0 radical (unpaired) electrons. The van der Waals surface area contributed by atoms with Crippen molar-refractivity contribution in [2.45, 2.75) is 33.4 Å². The lowest BCUT2D eigenvalue weighted by atomic mass is 10.1. The molecule has 90 valence electrons. The maximum Gasteiger partial charge on any atom is 0.0991 e. The normalized spacial score (nSPS) is 12.7. The number of rotatable bonds is 3. The van der Waals surface area contributed by atoms with Crippen molar-refractivity contribution in [3.63, 3.8) is 0 Å². The van der Waals surface area contributed by atoms with Crippen molar-refractivity contribution in [2.75, 3.05) is 0 Å². The van der Waals surface area contributed by atoms with Gasteiger partial charge in [-0.3, -0.25) is 0 Å². The molecule has 0 aliphatic carbocycles. The highest BCUT2D eigenvalue weighted by atomic mass is 15.4. The number of aromatic nitrogens is 3. The van der Waals surface area contributed by atoms with Gasteiger partial charge in [0.25, 0.3) is 0 Å². The van der Waals surface area contributed by atoms with Crippen LogP contribution in [0.15, 0.2) is 24.4 Å². The van der Waals surface area contributed by atoms with Gasteiger partial charge in [0.15, 0.2) is 0 Å². The molecule has 1 unspecified atom stereocenters. The molecule has 0 spiro atoms. The molecule has 2 aromatic rings. The Labute approximate surface area is 101 Å². The fourth-order valence-corrected chi connectivity index (χ4v) is 1.74. The van der Waals surface area contributed by atoms with Gasteiger partial charge in [-0.2, -0.15) is 0 Å². The summed E-state index contributed by atoms with van der Waals surface area (Å²) in [7, 11) is 0. The third-order valence-corrected chi connectivity index (χ3v) is 2.86. The van der Waals surface area contributed by atoms with Gasteiger partial charge in [-0.15, -0.1) is 5.10 Å². The lowest BCUT2D eigenvalue weighted by molar-refractivity contribution is 0.646. The van der Waals surface area contributed by atoms with Crippen molar-refractivity contribution in [3.05, 3.63) is 46.8 Å². The zero-order chi connectivity index (χ0) is 12.4. The van der Waals surface area contributed by atoms with Crippen LogP contribution in [0.3, 0.4) is 0 Å². The van der Waals surface area contributed by atoms with E-state index in [1.807, 2.05) is 17.8 Å². The largest absolute Gasteiger partial charge is 0.323 e. The predicted octanol–water partition coefficient (Wildman–Crippen LogP) is 1.96. The van der Waals surface area contributed by atoms with Gasteiger partial charge in [0.2, 0.25) is 0 Å². The molecular formula is C13H18N4. The Balaban J connectivity index is 2.22. The summed E-state index contributed by atoms with van der Waals surface area (Å²) < 4.78 is 1.83. The molecule has 1 aromatic carbocycles. The van der Waals surface area contributed by atoms with E-state index in [1.54, 1.807) is 0 Å². The van der Waals surface area contributed by atoms with Crippen LogP contribution in [0.2, 0.25) is 0 Å². The highest BCUT2D eigenvalue weighted by Gasteiger charge is 2.06. The van der Waals surface area contributed by atoms with Crippen LogP contribution < -0.4 is 5.73 Å². The molecular weight excluding hydrogens is 212 g/mol. The molecule has 1 atom stereocenters. The number of nitrogens with two attached hydrogens (primary N) is 1. The summed E-state index contributed by atoms with van der Waals surface area (Å²) in [5.41, 5.74) is 10.4. The van der Waals surface area contributed by atoms with E-state index in [4.69, 9.17) is 5.73 Å². The topological polar surface area (TPSA) is 56.7 Å². The summed E-state index contributed by atoms with van der Waals surface area (Å²) in [5.74, 6) is 0. The molecule has 1 heterocycles. The summed E-state index contributed by atoms with van der Waals surface area (Å²) in [6.45, 7) is 6.86. The molecule has 0 saturated heterocycles. The van der Waals surface area contributed by atoms with E-state index in [0.717, 1.165) is 12.2 Å². The van der Waals surface area contributed by atoms with E-state index in [-0.39, 0.29) is 6.04 Å². The molecule has 17 heavy (non-hydrogen) atoms. The van der Waals surface area contributed by atoms with Crippen LogP contribution in [0.5, 0.6) is 0 Å². The molecule has 2 N–H and O–H groups in total. The molecule has 0 amide bonds. The van der Waals surface area contributed by atoms with Gasteiger partial charge in [0.1, 0.15) is 0 Å². The Morgan fingerprint density at radius 3 is 2.76 bits per heavy atom. The molecule has 2 rings (SSSR count). The average molecular weight is 230 g/mol. The molecule has 0 fully saturated rings. The van der Waals surface area contributed by atoms with E-state index in [2.05, 4.69) is 42.4 Å². The molecule has 4 nitrogen and oxygen atoms in total. The first-order valence-corrected chi connectivity index (χ1v) is 5.78. The number of aryl methyl sites for hydroxylation is 2. The lowest BCUT2D eigenvalue weighted by Crippen LogP contribution is -2.05. The highest BCUT2D eigenvalue weighted by Crippen LogP contribution is 2.12. The zero-order valence-corrected chi connectivity index (χ0v) is 10.5. The number of nitrogens with zero attached hydrogens (tertiary/aromatic N) is 3. The smallest absolute Gasteiger partial charge is 0.0991 e. The quantitative estimate of drug-likeness (QED) is 0.877. The Hall–Kier alpha value is -1.68. The average Bonchev–Trinajstić information content (AvgIpc) is 2.72. The molecule has 0 bridgehead atoms. The molecule has 0 aliphatic heterocycles. The van der Waals surface area contributed by atoms with Gasteiger partial charge >= 0.3 is 0 Å². The molecule has 0 aliphatic rings. The molecule has 4 heteroatoms. The summed E-state index contributed by atoms with van der Waals surface area (Å²) in [5, 5.41) is 8.14. The minimum atomic E-state index is -0.0673. The van der Waals surface area contributed by atoms with Crippen LogP contribution in [0.4, 0.5) is 0 Å². The van der Waals surface area contributed by atoms with Crippen LogP contribution in [0.1, 0.15) is 35.3 Å². The summed E-state index contributed by atoms with van der Waals surface area (Å²) >= 11 is 0. The van der Waals surface area contributed by atoms with Crippen molar-refractivity contribution in [1.82, 2.24) is 15.0 Å². The summed E-state index contributed by atoms with van der Waals surface area (Å²) in [6.07, 6.45) is 1.91. The van der Waals surface area contributed by atoms with Crippen molar-refractivity contribution >= 4 is 0 Å². The first-order valence-electron chi connectivity index (χ1n) is 5.78. The minimum absolute atomic E-state index is 0.0673. The fraction of sp³-hybridized carbons (Fsp3) is 0.385. The van der Waals surface area contributed by atoms with Crippen LogP contribution >= 0.6 is 0 Å². The highest BCUT2D eigenvalue weighted by molar-refractivity contribution is 5.30. The van der Waals surface area contributed by atoms with Crippen molar-refractivity contribution in [3.8, 4) is 0 Å². The van der Waals surface area contributed by atoms with Gasteiger partial charge in [0, 0.05) is 6.04 Å². The molecule has 0 saturated carbocycles. The zero-order valence-electron chi connectivity index (χ0n) is 10.5. The van der Waals surface area contributed by atoms with Crippen LogP contribution in [0.25, 0.3) is 0 Å². The van der Waals surface area contributed by atoms with Crippen LogP contribution in [-0.4, -0.2) is 15.0 Å². The second-order valence-electron chi connectivity index (χ2n) is 4.56. The van der Waals surface area contributed by atoms with Crippen molar-refractivity contribution in [1.29, 1.82) is 0 Å². The van der Waals surface area contributed by atoms with Gasteiger partial charge in [-0.25, -0.2) is 4.68 Å². The van der Waals surface area contributed by atoms with Crippen molar-refractivity contribution < 1.29 is 0 Å². The van der Waals surface area contributed by atoms with E-state index in [0.29, 0.717) is 0 Å². The van der Waals surface area contributed by atoms with Crippen LogP contribution in [-0.2, 0) is 6.54 Å². The standard InChI is InChI=1S/C13H18N4/c1-9-4-5-10(2)12(6-9)7-17-8-13(11(3)14)15-16-17/h4-6,8,11H,7,14H2,1-3H3. The minimum Gasteiger partial charge on any atom is -0.323 e. The van der Waals surface area contributed by atoms with Gasteiger partial charge in [-0.05, 0) is 31.9 Å². The van der Waals surface area contributed by atoms with Gasteiger partial charge in [0.05, 0.1) is 18.4 Å². The second kappa shape index (κ2) is 4.67. The van der Waals surface area contributed by atoms with E-state index >= 15 is 0 Å². The third kappa shape index (κ3) is 2.71. The summed E-state index contributed by atoms with van der Waals surface area (Å²) in [6, 6.07) is 6.37. The van der Waals surface area contributed by atoms with E-state index < -0.39 is 0 Å². The lowest BCUT2D eigenvalue weighted by Gasteiger charge is -2.06. The Bertz CT molecular complexity index is 514. The number of benzene rings is 1. The SMILES string of the molecule is Cc1ccc(C)c(Cn2cc(C(C)N)nn2)c1. The monoisotopic (exact) mass is 230 g/mol. The maximum absolute atomic E-state index is 5.76. The Kier molecular flexibility index (Phi) is 3.24. The number of hydrogen-bond donors (Lipinski definition) is 1. The van der Waals surface area contributed by atoms with E-state index in [9.17, 15) is 0 Å². The van der Waals surface area contributed by atoms with Gasteiger partial charge < -0.3 is 5.73 Å². The summed E-state index contributed by atoms with van der Waals surface area (Å²) in [4.78, 5) is 0. The Morgan fingerprint density at radius 1 is 1.35 bits per heavy atom.